The van der Waals surface area contributed by atoms with Crippen LogP contribution in [0.15, 0.2) is 30.3 Å². The third-order valence-corrected chi connectivity index (χ3v) is 3.70. The van der Waals surface area contributed by atoms with E-state index in [9.17, 15) is 4.79 Å². The lowest BCUT2D eigenvalue weighted by atomic mass is 10.1. The van der Waals surface area contributed by atoms with Gasteiger partial charge in [0.25, 0.3) is 0 Å². The second-order valence-corrected chi connectivity index (χ2v) is 5.70. The summed E-state index contributed by atoms with van der Waals surface area (Å²) < 4.78 is 5.76. The molecular formula is C17H26N2O2. The molecule has 1 aromatic rings. The summed E-state index contributed by atoms with van der Waals surface area (Å²) in [7, 11) is 0. The summed E-state index contributed by atoms with van der Waals surface area (Å²) in [6.07, 6.45) is 3.56. The second-order valence-electron chi connectivity index (χ2n) is 5.70. The average Bonchev–Trinajstić information content (AvgIpc) is 3.32. The lowest BCUT2D eigenvalue weighted by molar-refractivity contribution is -0.120. The summed E-state index contributed by atoms with van der Waals surface area (Å²) in [5, 5.41) is 6.09. The van der Waals surface area contributed by atoms with E-state index in [-0.39, 0.29) is 12.0 Å². The van der Waals surface area contributed by atoms with E-state index in [2.05, 4.69) is 29.7 Å². The van der Waals surface area contributed by atoms with Crippen LogP contribution in [0.25, 0.3) is 0 Å². The van der Waals surface area contributed by atoms with Crippen molar-refractivity contribution in [3.8, 4) is 0 Å². The van der Waals surface area contributed by atoms with Crippen LogP contribution < -0.4 is 10.6 Å². The highest BCUT2D eigenvalue weighted by Gasteiger charge is 2.20. The minimum atomic E-state index is 0.0757. The summed E-state index contributed by atoms with van der Waals surface area (Å²) in [6.45, 7) is 4.79. The highest BCUT2D eigenvalue weighted by atomic mass is 16.5. The molecule has 2 N–H and O–H groups in total. The van der Waals surface area contributed by atoms with Crippen molar-refractivity contribution < 1.29 is 9.53 Å². The van der Waals surface area contributed by atoms with Crippen molar-refractivity contribution in [1.29, 1.82) is 0 Å². The fourth-order valence-corrected chi connectivity index (χ4v) is 2.15. The van der Waals surface area contributed by atoms with E-state index >= 15 is 0 Å². The smallest absolute Gasteiger partial charge is 0.233 e. The van der Waals surface area contributed by atoms with Gasteiger partial charge in [-0.15, -0.1) is 0 Å². The van der Waals surface area contributed by atoms with Gasteiger partial charge >= 0.3 is 0 Å². The molecular weight excluding hydrogens is 264 g/mol. The molecule has 1 atom stereocenters. The predicted molar refractivity (Wildman–Crippen MR) is 84.0 cm³/mol. The van der Waals surface area contributed by atoms with Gasteiger partial charge < -0.3 is 15.4 Å². The van der Waals surface area contributed by atoms with E-state index in [1.54, 1.807) is 0 Å². The fourth-order valence-electron chi connectivity index (χ4n) is 2.15. The molecule has 4 nitrogen and oxygen atoms in total. The maximum Gasteiger partial charge on any atom is 0.233 e. The molecule has 116 valence electrons. The topological polar surface area (TPSA) is 50.4 Å². The predicted octanol–water partition coefficient (Wildman–Crippen LogP) is 2.27. The molecule has 1 saturated carbocycles. The number of nitrogens with one attached hydrogen (secondary N) is 2. The first-order valence-electron chi connectivity index (χ1n) is 7.89. The standard InChI is InChI=1S/C17H26N2O2/c1-14(16-6-3-2-4-7-16)21-11-5-10-19-17(20)13-18-12-15-8-9-15/h2-4,6-7,14-15,18H,5,8-13H2,1H3,(H,19,20). The third kappa shape index (κ3) is 6.74. The largest absolute Gasteiger partial charge is 0.374 e. The molecule has 1 amide bonds. The average molecular weight is 290 g/mol. The van der Waals surface area contributed by atoms with E-state index in [1.165, 1.54) is 18.4 Å². The Hall–Kier alpha value is -1.39. The maximum absolute atomic E-state index is 11.5. The van der Waals surface area contributed by atoms with Crippen molar-refractivity contribution in [1.82, 2.24) is 10.6 Å². The normalized spacial score (nSPS) is 15.7. The van der Waals surface area contributed by atoms with Gasteiger partial charge in [-0.3, -0.25) is 4.79 Å². The number of ether oxygens (including phenoxy) is 1. The Balaban J connectivity index is 1.46. The van der Waals surface area contributed by atoms with E-state index in [1.807, 2.05) is 18.2 Å². The van der Waals surface area contributed by atoms with E-state index in [0.717, 1.165) is 18.9 Å². The van der Waals surface area contributed by atoms with E-state index in [0.29, 0.717) is 19.7 Å². The molecule has 0 bridgehead atoms. The van der Waals surface area contributed by atoms with Crippen LogP contribution in [0.3, 0.4) is 0 Å². The number of hydrogen-bond donors (Lipinski definition) is 2. The van der Waals surface area contributed by atoms with Gasteiger partial charge in [0.1, 0.15) is 0 Å². The van der Waals surface area contributed by atoms with Crippen LogP contribution >= 0.6 is 0 Å². The van der Waals surface area contributed by atoms with Crippen molar-refractivity contribution in [2.75, 3.05) is 26.2 Å². The SMILES string of the molecule is CC(OCCCNC(=O)CNCC1CC1)c1ccccc1. The van der Waals surface area contributed by atoms with Crippen molar-refractivity contribution in [2.45, 2.75) is 32.3 Å². The maximum atomic E-state index is 11.5. The first kappa shape index (κ1) is 16.0. The summed E-state index contributed by atoms with van der Waals surface area (Å²) in [6, 6.07) is 10.2. The second kappa shape index (κ2) is 8.80. The highest BCUT2D eigenvalue weighted by Crippen LogP contribution is 2.27. The Morgan fingerprint density at radius 3 is 2.81 bits per heavy atom. The number of benzene rings is 1. The molecule has 0 aromatic heterocycles. The molecule has 1 unspecified atom stereocenters. The Morgan fingerprint density at radius 2 is 2.10 bits per heavy atom. The number of hydrogen-bond acceptors (Lipinski definition) is 3. The van der Waals surface area contributed by atoms with Crippen molar-refractivity contribution in [2.24, 2.45) is 5.92 Å². The molecule has 1 fully saturated rings. The molecule has 0 radical (unpaired) electrons. The van der Waals surface area contributed by atoms with Gasteiger partial charge in [-0.05, 0) is 44.2 Å². The number of carbonyl (C=O) groups is 1. The van der Waals surface area contributed by atoms with Gasteiger partial charge in [0.05, 0.1) is 12.6 Å². The number of carbonyl (C=O) groups excluding carboxylic acids is 1. The minimum Gasteiger partial charge on any atom is -0.374 e. The molecule has 0 aliphatic heterocycles. The van der Waals surface area contributed by atoms with Crippen molar-refractivity contribution in [3.63, 3.8) is 0 Å². The zero-order valence-corrected chi connectivity index (χ0v) is 12.8. The monoisotopic (exact) mass is 290 g/mol. The van der Waals surface area contributed by atoms with Crippen LogP contribution in [-0.4, -0.2) is 32.1 Å². The Bertz CT molecular complexity index is 418. The van der Waals surface area contributed by atoms with E-state index in [4.69, 9.17) is 4.74 Å². The molecule has 0 spiro atoms. The van der Waals surface area contributed by atoms with Gasteiger partial charge in [-0.25, -0.2) is 0 Å². The molecule has 2 rings (SSSR count). The number of amides is 1. The quantitative estimate of drug-likeness (QED) is 0.650. The van der Waals surface area contributed by atoms with E-state index < -0.39 is 0 Å². The summed E-state index contributed by atoms with van der Waals surface area (Å²) >= 11 is 0. The molecule has 4 heteroatoms. The molecule has 1 aliphatic rings. The lowest BCUT2D eigenvalue weighted by Gasteiger charge is -2.13. The first-order chi connectivity index (χ1) is 10.3. The fraction of sp³-hybridized carbons (Fsp3) is 0.588. The van der Waals surface area contributed by atoms with Crippen LogP contribution in [-0.2, 0) is 9.53 Å². The van der Waals surface area contributed by atoms with Gasteiger partial charge in [-0.2, -0.15) is 0 Å². The Labute approximate surface area is 127 Å². The summed E-state index contributed by atoms with van der Waals surface area (Å²) in [5.74, 6) is 0.887. The third-order valence-electron chi connectivity index (χ3n) is 3.70. The summed E-state index contributed by atoms with van der Waals surface area (Å²) in [4.78, 5) is 11.5. The van der Waals surface area contributed by atoms with Crippen LogP contribution in [0.1, 0.15) is 37.9 Å². The highest BCUT2D eigenvalue weighted by molar-refractivity contribution is 5.77. The first-order valence-corrected chi connectivity index (χ1v) is 7.89. The van der Waals surface area contributed by atoms with Crippen molar-refractivity contribution in [3.05, 3.63) is 35.9 Å². The molecule has 21 heavy (non-hydrogen) atoms. The van der Waals surface area contributed by atoms with Gasteiger partial charge in [0.2, 0.25) is 5.91 Å². The van der Waals surface area contributed by atoms with Crippen LogP contribution in [0.4, 0.5) is 0 Å². The van der Waals surface area contributed by atoms with Gasteiger partial charge in [0.15, 0.2) is 0 Å². The number of rotatable bonds is 10. The summed E-state index contributed by atoms with van der Waals surface area (Å²) in [5.41, 5.74) is 1.19. The van der Waals surface area contributed by atoms with Crippen LogP contribution in [0.5, 0.6) is 0 Å². The van der Waals surface area contributed by atoms with Gasteiger partial charge in [-0.1, -0.05) is 30.3 Å². The zero-order chi connectivity index (χ0) is 14.9. The molecule has 1 aliphatic carbocycles. The molecule has 0 saturated heterocycles. The molecule has 0 heterocycles. The Kier molecular flexibility index (Phi) is 6.70. The van der Waals surface area contributed by atoms with Crippen LogP contribution in [0.2, 0.25) is 0 Å². The van der Waals surface area contributed by atoms with Crippen LogP contribution in [0, 0.1) is 5.92 Å². The van der Waals surface area contributed by atoms with Crippen molar-refractivity contribution >= 4 is 5.91 Å². The molecule has 1 aromatic carbocycles. The minimum absolute atomic E-state index is 0.0757. The zero-order valence-electron chi connectivity index (χ0n) is 12.8. The Morgan fingerprint density at radius 1 is 1.33 bits per heavy atom. The van der Waals surface area contributed by atoms with Gasteiger partial charge in [0, 0.05) is 13.2 Å². The lowest BCUT2D eigenvalue weighted by Crippen LogP contribution is -2.35.